The molecule has 1 N–H and O–H groups in total. The molecule has 184 valence electrons. The molecule has 0 aliphatic carbocycles. The lowest BCUT2D eigenvalue weighted by Crippen LogP contribution is -2.51. The van der Waals surface area contributed by atoms with Crippen molar-refractivity contribution in [2.75, 3.05) is 13.2 Å². The molecule has 35 heavy (non-hydrogen) atoms. The summed E-state index contributed by atoms with van der Waals surface area (Å²) in [4.78, 5) is 28.5. The lowest BCUT2D eigenvalue weighted by molar-refractivity contribution is -0.142. The second-order valence-corrected chi connectivity index (χ2v) is 9.67. The Morgan fingerprint density at radius 3 is 2.23 bits per heavy atom. The van der Waals surface area contributed by atoms with E-state index in [1.807, 2.05) is 87.5 Å². The third-order valence-electron chi connectivity index (χ3n) is 5.64. The van der Waals surface area contributed by atoms with Crippen molar-refractivity contribution in [2.24, 2.45) is 0 Å². The Kier molecular flexibility index (Phi) is 9.91. The Morgan fingerprint density at radius 1 is 0.943 bits per heavy atom. The third-order valence-corrected chi connectivity index (χ3v) is 6.17. The van der Waals surface area contributed by atoms with Gasteiger partial charge >= 0.3 is 0 Å². The second-order valence-electron chi connectivity index (χ2n) is 8.76. The zero-order valence-electron chi connectivity index (χ0n) is 20.6. The Hall–Kier alpha value is -3.12. The van der Waals surface area contributed by atoms with Crippen molar-refractivity contribution < 1.29 is 14.3 Å². The summed E-state index contributed by atoms with van der Waals surface area (Å²) >= 11 is 3.46. The number of aryl methyl sites for hydroxylation is 2. The van der Waals surface area contributed by atoms with Crippen LogP contribution in [0.2, 0.25) is 0 Å². The number of amides is 2. The summed E-state index contributed by atoms with van der Waals surface area (Å²) in [6.45, 7) is 6.72. The van der Waals surface area contributed by atoms with Crippen LogP contribution in [-0.4, -0.2) is 35.9 Å². The van der Waals surface area contributed by atoms with E-state index in [1.54, 1.807) is 4.90 Å². The summed E-state index contributed by atoms with van der Waals surface area (Å²) in [5, 5.41) is 2.99. The summed E-state index contributed by atoms with van der Waals surface area (Å²) in [6, 6.07) is 22.8. The van der Waals surface area contributed by atoms with E-state index < -0.39 is 6.04 Å². The molecule has 0 radical (unpaired) electrons. The lowest BCUT2D eigenvalue weighted by atomic mass is 10.0. The number of hydrogen-bond acceptors (Lipinski definition) is 3. The van der Waals surface area contributed by atoms with Gasteiger partial charge < -0.3 is 15.0 Å². The molecule has 3 aromatic carbocycles. The smallest absolute Gasteiger partial charge is 0.261 e. The molecule has 1 atom stereocenters. The maximum absolute atomic E-state index is 13.6. The van der Waals surface area contributed by atoms with Crippen LogP contribution in [0.25, 0.3) is 0 Å². The van der Waals surface area contributed by atoms with Crippen molar-refractivity contribution in [1.82, 2.24) is 10.2 Å². The van der Waals surface area contributed by atoms with E-state index in [-0.39, 0.29) is 18.4 Å². The van der Waals surface area contributed by atoms with E-state index in [4.69, 9.17) is 4.74 Å². The van der Waals surface area contributed by atoms with Crippen LogP contribution in [0.15, 0.2) is 77.3 Å². The molecule has 0 saturated heterocycles. The molecule has 3 rings (SSSR count). The minimum atomic E-state index is -0.664. The van der Waals surface area contributed by atoms with E-state index in [0.29, 0.717) is 25.3 Å². The van der Waals surface area contributed by atoms with Gasteiger partial charge in [-0.2, -0.15) is 0 Å². The van der Waals surface area contributed by atoms with Crippen LogP contribution in [0, 0.1) is 13.8 Å². The molecule has 2 amide bonds. The fourth-order valence-corrected chi connectivity index (χ4v) is 4.22. The van der Waals surface area contributed by atoms with E-state index in [9.17, 15) is 9.59 Å². The fraction of sp³-hybridized carbons (Fsp3) is 0.310. The molecule has 0 spiro atoms. The highest BCUT2D eigenvalue weighted by molar-refractivity contribution is 9.10. The standard InChI is InChI=1S/C29H33BrN2O3/c1-4-14-31-29(34)27(18-23-8-6-5-7-9-23)32(19-24-10-12-25(30)13-11-24)28(33)20-35-26-16-21(2)15-22(3)17-26/h5-13,15-17,27H,4,14,18-20H2,1-3H3,(H,31,34)/t27-/m1/s1. The number of carbonyl (C=O) groups excluding carboxylic acids is 2. The van der Waals surface area contributed by atoms with Crippen LogP contribution in [0.1, 0.15) is 35.6 Å². The predicted molar refractivity (Wildman–Crippen MR) is 143 cm³/mol. The summed E-state index contributed by atoms with van der Waals surface area (Å²) in [5.41, 5.74) is 4.07. The van der Waals surface area contributed by atoms with Gasteiger partial charge in [-0.1, -0.05) is 71.4 Å². The normalized spacial score (nSPS) is 11.5. The van der Waals surface area contributed by atoms with Crippen LogP contribution in [0.4, 0.5) is 0 Å². The van der Waals surface area contributed by atoms with Crippen molar-refractivity contribution in [1.29, 1.82) is 0 Å². The largest absolute Gasteiger partial charge is 0.484 e. The topological polar surface area (TPSA) is 58.6 Å². The molecule has 3 aromatic rings. The number of carbonyl (C=O) groups is 2. The average Bonchev–Trinajstić information content (AvgIpc) is 2.84. The van der Waals surface area contributed by atoms with Gasteiger partial charge in [0.1, 0.15) is 11.8 Å². The van der Waals surface area contributed by atoms with Crippen molar-refractivity contribution in [3.63, 3.8) is 0 Å². The molecule has 6 heteroatoms. The van der Waals surface area contributed by atoms with Crippen molar-refractivity contribution >= 4 is 27.7 Å². The maximum atomic E-state index is 13.6. The van der Waals surface area contributed by atoms with Crippen LogP contribution in [-0.2, 0) is 22.6 Å². The van der Waals surface area contributed by atoms with Crippen molar-refractivity contribution in [3.8, 4) is 5.75 Å². The average molecular weight is 537 g/mol. The zero-order chi connectivity index (χ0) is 25.2. The number of nitrogens with one attached hydrogen (secondary N) is 1. The molecule has 0 bridgehead atoms. The van der Waals surface area contributed by atoms with Gasteiger partial charge in [0.25, 0.3) is 5.91 Å². The third kappa shape index (κ3) is 8.25. The van der Waals surface area contributed by atoms with E-state index in [2.05, 4.69) is 27.3 Å². The van der Waals surface area contributed by atoms with E-state index in [0.717, 1.165) is 33.1 Å². The molecule has 0 saturated carbocycles. The number of nitrogens with zero attached hydrogens (tertiary/aromatic N) is 1. The van der Waals surface area contributed by atoms with Crippen LogP contribution in [0.5, 0.6) is 5.75 Å². The lowest BCUT2D eigenvalue weighted by Gasteiger charge is -2.31. The Morgan fingerprint density at radius 2 is 1.60 bits per heavy atom. The van der Waals surface area contributed by atoms with Gasteiger partial charge in [0.05, 0.1) is 0 Å². The van der Waals surface area contributed by atoms with Gasteiger partial charge in [-0.15, -0.1) is 0 Å². The SMILES string of the molecule is CCCNC(=O)[C@@H](Cc1ccccc1)N(Cc1ccc(Br)cc1)C(=O)COc1cc(C)cc(C)c1. The van der Waals surface area contributed by atoms with Gasteiger partial charge in [-0.3, -0.25) is 9.59 Å². The van der Waals surface area contributed by atoms with Crippen LogP contribution in [0.3, 0.4) is 0 Å². The predicted octanol–water partition coefficient (Wildman–Crippen LogP) is 5.61. The van der Waals surface area contributed by atoms with Crippen molar-refractivity contribution in [2.45, 2.75) is 46.2 Å². The number of halogens is 1. The zero-order valence-corrected chi connectivity index (χ0v) is 22.2. The van der Waals surface area contributed by atoms with Gasteiger partial charge in [0, 0.05) is 24.0 Å². The van der Waals surface area contributed by atoms with Crippen LogP contribution < -0.4 is 10.1 Å². The first-order valence-electron chi connectivity index (χ1n) is 11.9. The highest BCUT2D eigenvalue weighted by Gasteiger charge is 2.30. The summed E-state index contributed by atoms with van der Waals surface area (Å²) < 4.78 is 6.86. The molecule has 0 aliphatic heterocycles. The number of ether oxygens (including phenoxy) is 1. The van der Waals surface area contributed by atoms with E-state index >= 15 is 0 Å². The monoisotopic (exact) mass is 536 g/mol. The van der Waals surface area contributed by atoms with Gasteiger partial charge in [-0.05, 0) is 66.8 Å². The second kappa shape index (κ2) is 13.1. The Labute approximate surface area is 216 Å². The number of benzene rings is 3. The minimum absolute atomic E-state index is 0.147. The van der Waals surface area contributed by atoms with Crippen LogP contribution >= 0.6 is 15.9 Å². The molecular formula is C29H33BrN2O3. The molecular weight excluding hydrogens is 504 g/mol. The molecule has 0 heterocycles. The number of hydrogen-bond donors (Lipinski definition) is 1. The van der Waals surface area contributed by atoms with Gasteiger partial charge in [0.2, 0.25) is 5.91 Å². The summed E-state index contributed by atoms with van der Waals surface area (Å²) in [6.07, 6.45) is 1.24. The first-order chi connectivity index (χ1) is 16.9. The quantitative estimate of drug-likeness (QED) is 0.346. The molecule has 0 unspecified atom stereocenters. The summed E-state index contributed by atoms with van der Waals surface area (Å²) in [5.74, 6) is 0.252. The Balaban J connectivity index is 1.89. The Bertz CT molecular complexity index is 1100. The molecule has 5 nitrogen and oxygen atoms in total. The molecule has 0 aliphatic rings. The minimum Gasteiger partial charge on any atom is -0.484 e. The van der Waals surface area contributed by atoms with Gasteiger partial charge in [-0.25, -0.2) is 0 Å². The first kappa shape index (κ1) is 26.5. The van der Waals surface area contributed by atoms with Crippen molar-refractivity contribution in [3.05, 3.63) is 99.5 Å². The maximum Gasteiger partial charge on any atom is 0.261 e. The fourth-order valence-electron chi connectivity index (χ4n) is 3.95. The highest BCUT2D eigenvalue weighted by atomic mass is 79.9. The highest BCUT2D eigenvalue weighted by Crippen LogP contribution is 2.19. The van der Waals surface area contributed by atoms with Gasteiger partial charge in [0.15, 0.2) is 6.61 Å². The molecule has 0 aromatic heterocycles. The van der Waals surface area contributed by atoms with E-state index in [1.165, 1.54) is 0 Å². The summed E-state index contributed by atoms with van der Waals surface area (Å²) in [7, 11) is 0. The molecule has 0 fully saturated rings. The first-order valence-corrected chi connectivity index (χ1v) is 12.7. The number of rotatable bonds is 11.